The molecule has 0 unspecified atom stereocenters. The third kappa shape index (κ3) is 78.6. The molecule has 0 aliphatic carbocycles. The van der Waals surface area contributed by atoms with Crippen LogP contribution in [0.1, 0.15) is 41.5 Å². The number of rotatable bonds is 0. The van der Waals surface area contributed by atoms with Crippen LogP contribution in [0.3, 0.4) is 0 Å². The predicted octanol–water partition coefficient (Wildman–Crippen LogP) is 1.55. The Kier molecular flexibility index (Phi) is 26.2. The molecule has 0 aromatic heterocycles. The second-order valence-electron chi connectivity index (χ2n) is 4.20. The summed E-state index contributed by atoms with van der Waals surface area (Å²) >= 11 is 0. The first kappa shape index (κ1) is 33.0. The molecule has 0 heterocycles. The van der Waals surface area contributed by atoms with Crippen molar-refractivity contribution < 1.29 is 63.2 Å². The van der Waals surface area contributed by atoms with Gasteiger partial charge in [0.2, 0.25) is 0 Å². The van der Waals surface area contributed by atoms with Crippen LogP contribution in [0, 0.1) is 0 Å². The van der Waals surface area contributed by atoms with Gasteiger partial charge in [0.25, 0.3) is 0 Å². The molecule has 0 saturated carbocycles. The molecule has 6 nitrogen and oxygen atoms in total. The molecule has 11 heteroatoms. The fourth-order valence-corrected chi connectivity index (χ4v) is 0. The maximum Gasteiger partial charge on any atom is 0.522 e. The van der Waals surface area contributed by atoms with Crippen LogP contribution >= 0.6 is 0 Å². The number of halogens is 3. The Morgan fingerprint density at radius 2 is 0.810 bits per heavy atom. The summed E-state index contributed by atoms with van der Waals surface area (Å²) in [5.41, 5.74) is -5.53. The molecule has 0 radical (unpaired) electrons. The van der Waals surface area contributed by atoms with Gasteiger partial charge in [-0.15, -0.1) is 0 Å². The topological polar surface area (TPSA) is 115 Å². The van der Waals surface area contributed by atoms with Gasteiger partial charge in [0, 0.05) is 40.0 Å². The maximum atomic E-state index is 10.7. The first-order valence-electron chi connectivity index (χ1n) is 5.53. The molecule has 0 saturated heterocycles. The Balaban J connectivity index is -0.0000000570. The summed E-state index contributed by atoms with van der Waals surface area (Å²) in [6.45, 7) is 10.3. The van der Waals surface area contributed by atoms with Crippen LogP contribution in [0.15, 0.2) is 0 Å². The van der Waals surface area contributed by atoms with E-state index in [0.717, 1.165) is 0 Å². The van der Waals surface area contributed by atoms with Crippen LogP contribution in [0.5, 0.6) is 0 Å². The second-order valence-corrected chi connectivity index (χ2v) is 5.62. The Bertz CT molecular complexity index is 269. The number of alkyl halides is 3. The van der Waals surface area contributed by atoms with Crippen molar-refractivity contribution in [2.45, 2.75) is 65.4 Å². The minimum atomic E-state index is -5.84. The van der Waals surface area contributed by atoms with Gasteiger partial charge in [0.05, 0.1) is 0 Å². The van der Waals surface area contributed by atoms with E-state index >= 15 is 0 Å². The molecule has 0 bridgehead atoms. The van der Waals surface area contributed by atoms with E-state index in [4.69, 9.17) is 28.3 Å². The van der Waals surface area contributed by atoms with Gasteiger partial charge < -0.3 is 15.3 Å². The molecule has 0 spiro atoms. The average Bonchev–Trinajstić information content (AvgIpc) is 1.94. The number of aliphatic hydroxyl groups excluding tert-OH is 3. The molecule has 0 rings (SSSR count). The molecule has 21 heavy (non-hydrogen) atoms. The minimum Gasteiger partial charge on any atom is -0.394 e. The van der Waals surface area contributed by atoms with Crippen molar-refractivity contribution in [2.75, 3.05) is 0 Å². The molecule has 0 fully saturated rings. The van der Waals surface area contributed by atoms with Gasteiger partial charge >= 0.3 is 15.6 Å². The number of hydrogen-bond donors (Lipinski definition) is 4. The van der Waals surface area contributed by atoms with Crippen LogP contribution in [0.4, 0.5) is 13.2 Å². The first-order valence-corrected chi connectivity index (χ1v) is 6.97. The Morgan fingerprint density at radius 3 is 0.810 bits per heavy atom. The SMILES string of the molecule is CC(C)O.CC(C)O.CC(C)O.O=S(=O)(O)C(F)(F)F.[Ti]. The maximum absolute atomic E-state index is 10.7. The van der Waals surface area contributed by atoms with Crippen molar-refractivity contribution in [3.05, 3.63) is 0 Å². The third-order valence-corrected chi connectivity index (χ3v) is 0.877. The van der Waals surface area contributed by atoms with E-state index < -0.39 is 15.6 Å². The molecule has 0 amide bonds. The molecule has 0 aliphatic rings. The van der Waals surface area contributed by atoms with Crippen LogP contribution in [0.25, 0.3) is 0 Å². The van der Waals surface area contributed by atoms with Crippen LogP contribution in [0.2, 0.25) is 0 Å². The van der Waals surface area contributed by atoms with E-state index in [-0.39, 0.29) is 40.0 Å². The molecule has 0 atom stereocenters. The quantitative estimate of drug-likeness (QED) is 0.289. The zero-order valence-corrected chi connectivity index (χ0v) is 15.3. The van der Waals surface area contributed by atoms with Crippen LogP contribution < -0.4 is 0 Å². The summed E-state index contributed by atoms with van der Waals surface area (Å²) in [5, 5.41) is 24.2. The van der Waals surface area contributed by atoms with E-state index in [2.05, 4.69) is 0 Å². The smallest absolute Gasteiger partial charge is 0.394 e. The molecule has 0 aliphatic heterocycles. The summed E-state index contributed by atoms with van der Waals surface area (Å²) in [5.74, 6) is 0. The van der Waals surface area contributed by atoms with Crippen LogP contribution in [-0.2, 0) is 31.8 Å². The molecule has 132 valence electrons. The monoisotopic (exact) mass is 378 g/mol. The van der Waals surface area contributed by atoms with Crippen molar-refractivity contribution in [3.8, 4) is 0 Å². The Morgan fingerprint density at radius 1 is 0.762 bits per heavy atom. The molecule has 0 aromatic carbocycles. The summed E-state index contributed by atoms with van der Waals surface area (Å²) in [6.07, 6.45) is -0.500. The fourth-order valence-electron chi connectivity index (χ4n) is 0. The van der Waals surface area contributed by atoms with Crippen molar-refractivity contribution in [2.24, 2.45) is 0 Å². The van der Waals surface area contributed by atoms with Gasteiger partial charge in [-0.2, -0.15) is 21.6 Å². The van der Waals surface area contributed by atoms with Crippen LogP contribution in [-0.4, -0.2) is 52.1 Å². The van der Waals surface area contributed by atoms with Gasteiger partial charge in [-0.25, -0.2) is 0 Å². The van der Waals surface area contributed by atoms with E-state index in [9.17, 15) is 13.2 Å². The molecular formula is C10H25F3O6STi. The second kappa shape index (κ2) is 16.7. The molecule has 4 N–H and O–H groups in total. The van der Waals surface area contributed by atoms with Crippen molar-refractivity contribution >= 4 is 10.1 Å². The van der Waals surface area contributed by atoms with Gasteiger partial charge in [-0.05, 0) is 41.5 Å². The van der Waals surface area contributed by atoms with Crippen molar-refractivity contribution in [1.29, 1.82) is 0 Å². The van der Waals surface area contributed by atoms with Crippen molar-refractivity contribution in [3.63, 3.8) is 0 Å². The van der Waals surface area contributed by atoms with E-state index in [1.54, 1.807) is 41.5 Å². The van der Waals surface area contributed by atoms with Crippen molar-refractivity contribution in [1.82, 2.24) is 0 Å². The molecule has 0 aromatic rings. The van der Waals surface area contributed by atoms with Gasteiger partial charge in [-0.1, -0.05) is 0 Å². The summed E-state index contributed by atoms with van der Waals surface area (Å²) in [6, 6.07) is 0. The summed E-state index contributed by atoms with van der Waals surface area (Å²) < 4.78 is 57.5. The Labute approximate surface area is 139 Å². The predicted molar refractivity (Wildman–Crippen MR) is 69.7 cm³/mol. The number of hydrogen-bond acceptors (Lipinski definition) is 5. The summed E-state index contributed by atoms with van der Waals surface area (Å²) in [7, 11) is -5.84. The third-order valence-electron chi connectivity index (χ3n) is 0.292. The fraction of sp³-hybridized carbons (Fsp3) is 1.00. The number of aliphatic hydroxyl groups is 3. The largest absolute Gasteiger partial charge is 0.522 e. The summed E-state index contributed by atoms with van der Waals surface area (Å²) in [4.78, 5) is 0. The van der Waals surface area contributed by atoms with E-state index in [0.29, 0.717) is 0 Å². The Hall–Kier alpha value is 0.294. The van der Waals surface area contributed by atoms with Gasteiger partial charge in [0.15, 0.2) is 0 Å². The van der Waals surface area contributed by atoms with Gasteiger partial charge in [-0.3, -0.25) is 4.55 Å². The zero-order chi connectivity index (χ0) is 17.7. The molecular weight excluding hydrogens is 353 g/mol. The standard InChI is InChI=1S/3C3H8O.CHF3O3S.Ti/c3*1-3(2)4;2-1(3,4)8(5,6)7;/h3*3-4H,1-2H3;(H,5,6,7);. The van der Waals surface area contributed by atoms with E-state index in [1.807, 2.05) is 0 Å². The first-order chi connectivity index (χ1) is 8.45. The minimum absolute atomic E-state index is 0. The average molecular weight is 378 g/mol. The normalized spacial score (nSPS) is 10.5. The van der Waals surface area contributed by atoms with E-state index in [1.165, 1.54) is 0 Å². The van der Waals surface area contributed by atoms with Gasteiger partial charge in [0.1, 0.15) is 0 Å². The zero-order valence-electron chi connectivity index (χ0n) is 12.9.